The summed E-state index contributed by atoms with van der Waals surface area (Å²) in [6, 6.07) is 6.89. The third-order valence-corrected chi connectivity index (χ3v) is 3.14. The van der Waals surface area contributed by atoms with Crippen molar-refractivity contribution in [2.75, 3.05) is 0 Å². The van der Waals surface area contributed by atoms with E-state index >= 15 is 0 Å². The Hall–Kier alpha value is -1.94. The van der Waals surface area contributed by atoms with Crippen LogP contribution in [0.3, 0.4) is 0 Å². The van der Waals surface area contributed by atoms with Crippen molar-refractivity contribution in [1.29, 1.82) is 0 Å². The molecule has 0 aromatic heterocycles. The first-order chi connectivity index (χ1) is 9.38. The Labute approximate surface area is 117 Å². The number of aryl methyl sites for hydroxylation is 2. The molecular weight excluding hydrogens is 260 g/mol. The lowest BCUT2D eigenvalue weighted by Gasteiger charge is -2.16. The number of benzene rings is 2. The molecule has 2 nitrogen and oxygen atoms in total. The van der Waals surface area contributed by atoms with E-state index in [-0.39, 0.29) is 17.7 Å². The van der Waals surface area contributed by atoms with Crippen molar-refractivity contribution in [2.45, 2.75) is 26.8 Å². The summed E-state index contributed by atoms with van der Waals surface area (Å²) in [6.07, 6.45) is 0. The van der Waals surface area contributed by atoms with Crippen molar-refractivity contribution in [3.63, 3.8) is 0 Å². The second-order valence-electron chi connectivity index (χ2n) is 4.94. The number of hydrogen-bond donors (Lipinski definition) is 1. The number of hydrogen-bond acceptors (Lipinski definition) is 2. The summed E-state index contributed by atoms with van der Waals surface area (Å²) in [6.45, 7) is 5.17. The Morgan fingerprint density at radius 2 is 1.70 bits per heavy atom. The molecule has 0 aliphatic carbocycles. The molecule has 2 aromatic rings. The minimum Gasteiger partial charge on any atom is -0.457 e. The molecule has 0 fully saturated rings. The summed E-state index contributed by atoms with van der Waals surface area (Å²) in [5, 5.41) is 0. The second-order valence-corrected chi connectivity index (χ2v) is 4.94. The Kier molecular flexibility index (Phi) is 4.04. The highest BCUT2D eigenvalue weighted by Gasteiger charge is 2.14. The highest BCUT2D eigenvalue weighted by Crippen LogP contribution is 2.32. The van der Waals surface area contributed by atoms with Crippen molar-refractivity contribution >= 4 is 0 Å². The van der Waals surface area contributed by atoms with Crippen LogP contribution >= 0.6 is 0 Å². The van der Waals surface area contributed by atoms with Crippen LogP contribution in [0.4, 0.5) is 8.78 Å². The van der Waals surface area contributed by atoms with E-state index in [1.54, 1.807) is 32.9 Å². The lowest BCUT2D eigenvalue weighted by atomic mass is 10.0. The molecule has 0 aliphatic rings. The summed E-state index contributed by atoms with van der Waals surface area (Å²) in [7, 11) is 0. The van der Waals surface area contributed by atoms with Gasteiger partial charge in [-0.1, -0.05) is 0 Å². The predicted molar refractivity (Wildman–Crippen MR) is 75.0 cm³/mol. The van der Waals surface area contributed by atoms with Gasteiger partial charge in [-0.05, 0) is 62.2 Å². The Balaban J connectivity index is 2.44. The molecule has 0 bridgehead atoms. The van der Waals surface area contributed by atoms with Crippen molar-refractivity contribution in [2.24, 2.45) is 5.73 Å². The first kappa shape index (κ1) is 14.5. The van der Waals surface area contributed by atoms with Crippen LogP contribution in [-0.4, -0.2) is 0 Å². The Bertz CT molecular complexity index is 639. The molecule has 0 unspecified atom stereocenters. The quantitative estimate of drug-likeness (QED) is 0.902. The zero-order chi connectivity index (χ0) is 14.9. The monoisotopic (exact) mass is 277 g/mol. The molecular formula is C16H17F2NO. The average molecular weight is 277 g/mol. The zero-order valence-corrected chi connectivity index (χ0v) is 11.7. The van der Waals surface area contributed by atoms with Crippen LogP contribution in [-0.2, 0) is 0 Å². The largest absolute Gasteiger partial charge is 0.457 e. The van der Waals surface area contributed by atoms with E-state index in [0.717, 1.165) is 0 Å². The maximum absolute atomic E-state index is 13.6. The second kappa shape index (κ2) is 5.59. The van der Waals surface area contributed by atoms with Crippen LogP contribution in [0, 0.1) is 25.5 Å². The molecule has 2 rings (SSSR count). The molecule has 4 heteroatoms. The van der Waals surface area contributed by atoms with Gasteiger partial charge in [0.05, 0.1) is 0 Å². The molecule has 0 saturated carbocycles. The van der Waals surface area contributed by atoms with Gasteiger partial charge in [0, 0.05) is 11.6 Å². The van der Waals surface area contributed by atoms with E-state index in [0.29, 0.717) is 28.2 Å². The minimum absolute atomic E-state index is 0.319. The van der Waals surface area contributed by atoms with Gasteiger partial charge >= 0.3 is 0 Å². The normalized spacial score (nSPS) is 12.3. The Morgan fingerprint density at radius 3 is 2.30 bits per heavy atom. The molecule has 1 atom stereocenters. The number of halogens is 2. The highest BCUT2D eigenvalue weighted by atomic mass is 19.1. The topological polar surface area (TPSA) is 35.2 Å². The van der Waals surface area contributed by atoms with Gasteiger partial charge in [-0.3, -0.25) is 0 Å². The molecule has 2 N–H and O–H groups in total. The fraction of sp³-hybridized carbons (Fsp3) is 0.250. The van der Waals surface area contributed by atoms with Crippen molar-refractivity contribution < 1.29 is 13.5 Å². The maximum Gasteiger partial charge on any atom is 0.132 e. The van der Waals surface area contributed by atoms with E-state index < -0.39 is 0 Å². The number of nitrogens with two attached hydrogens (primary N) is 1. The van der Waals surface area contributed by atoms with Crippen molar-refractivity contribution in [1.82, 2.24) is 0 Å². The SMILES string of the molecule is Cc1cc(Oc2ccc(F)cc2C)c([C@H](C)N)cc1F. The fourth-order valence-corrected chi connectivity index (χ4v) is 1.96. The van der Waals surface area contributed by atoms with E-state index in [1.807, 2.05) is 0 Å². The van der Waals surface area contributed by atoms with E-state index in [2.05, 4.69) is 0 Å². The smallest absolute Gasteiger partial charge is 0.132 e. The fourth-order valence-electron chi connectivity index (χ4n) is 1.96. The minimum atomic E-state index is -0.360. The molecule has 2 aromatic carbocycles. The van der Waals surface area contributed by atoms with Gasteiger partial charge < -0.3 is 10.5 Å². The van der Waals surface area contributed by atoms with Crippen LogP contribution < -0.4 is 10.5 Å². The molecule has 0 spiro atoms. The Morgan fingerprint density at radius 1 is 1.00 bits per heavy atom. The van der Waals surface area contributed by atoms with Crippen LogP contribution in [0.15, 0.2) is 30.3 Å². The van der Waals surface area contributed by atoms with E-state index in [9.17, 15) is 8.78 Å². The van der Waals surface area contributed by atoms with E-state index in [1.165, 1.54) is 18.2 Å². The van der Waals surface area contributed by atoms with Crippen LogP contribution in [0.25, 0.3) is 0 Å². The molecule has 0 radical (unpaired) electrons. The average Bonchev–Trinajstić information content (AvgIpc) is 2.36. The van der Waals surface area contributed by atoms with Gasteiger partial charge in [0.1, 0.15) is 23.1 Å². The molecule has 20 heavy (non-hydrogen) atoms. The molecule has 0 aliphatic heterocycles. The zero-order valence-electron chi connectivity index (χ0n) is 11.7. The van der Waals surface area contributed by atoms with Crippen LogP contribution in [0.5, 0.6) is 11.5 Å². The van der Waals surface area contributed by atoms with Crippen LogP contribution in [0.1, 0.15) is 29.7 Å². The van der Waals surface area contributed by atoms with Gasteiger partial charge in [0.2, 0.25) is 0 Å². The molecule has 106 valence electrons. The summed E-state index contributed by atoms with van der Waals surface area (Å²) in [5.41, 5.74) is 7.57. The lowest BCUT2D eigenvalue weighted by Crippen LogP contribution is -2.08. The van der Waals surface area contributed by atoms with Gasteiger partial charge in [-0.2, -0.15) is 0 Å². The summed E-state index contributed by atoms with van der Waals surface area (Å²) < 4.78 is 32.5. The number of ether oxygens (including phenoxy) is 1. The van der Waals surface area contributed by atoms with Gasteiger partial charge in [0.15, 0.2) is 0 Å². The van der Waals surface area contributed by atoms with Crippen LogP contribution in [0.2, 0.25) is 0 Å². The maximum atomic E-state index is 13.6. The van der Waals surface area contributed by atoms with Gasteiger partial charge in [0.25, 0.3) is 0 Å². The standard InChI is InChI=1S/C16H17F2NO/c1-9-7-16(13(11(3)19)8-14(9)18)20-15-5-4-12(17)6-10(15)2/h4-8,11H,19H2,1-3H3/t11-/m0/s1. The molecule has 0 heterocycles. The molecule has 0 amide bonds. The third-order valence-electron chi connectivity index (χ3n) is 3.14. The first-order valence-electron chi connectivity index (χ1n) is 6.38. The van der Waals surface area contributed by atoms with Crippen molar-refractivity contribution in [3.05, 3.63) is 58.7 Å². The summed E-state index contributed by atoms with van der Waals surface area (Å²) >= 11 is 0. The lowest BCUT2D eigenvalue weighted by molar-refractivity contribution is 0.463. The number of rotatable bonds is 3. The highest BCUT2D eigenvalue weighted by molar-refractivity contribution is 5.44. The predicted octanol–water partition coefficient (Wildman–Crippen LogP) is 4.39. The van der Waals surface area contributed by atoms with E-state index in [4.69, 9.17) is 10.5 Å². The van der Waals surface area contributed by atoms with Crippen molar-refractivity contribution in [3.8, 4) is 11.5 Å². The van der Waals surface area contributed by atoms with Gasteiger partial charge in [-0.15, -0.1) is 0 Å². The molecule has 0 saturated heterocycles. The van der Waals surface area contributed by atoms with Gasteiger partial charge in [-0.25, -0.2) is 8.78 Å². The summed E-state index contributed by atoms with van der Waals surface area (Å²) in [4.78, 5) is 0. The third kappa shape index (κ3) is 2.96. The first-order valence-corrected chi connectivity index (χ1v) is 6.38. The summed E-state index contributed by atoms with van der Waals surface area (Å²) in [5.74, 6) is 0.381.